The van der Waals surface area contributed by atoms with E-state index in [0.717, 1.165) is 28.5 Å². The lowest BCUT2D eigenvalue weighted by Crippen LogP contribution is -2.26. The highest BCUT2D eigenvalue weighted by Gasteiger charge is 2.27. The Kier molecular flexibility index (Phi) is 3.55. The fourth-order valence-corrected chi connectivity index (χ4v) is 3.38. The van der Waals surface area contributed by atoms with E-state index < -0.39 is 0 Å². The average Bonchev–Trinajstić information content (AvgIpc) is 3.19. The third-order valence-electron chi connectivity index (χ3n) is 3.72. The van der Waals surface area contributed by atoms with Crippen LogP contribution in [0.3, 0.4) is 0 Å². The number of nitrogens with zero attached hydrogens (tertiary/aromatic N) is 5. The van der Waals surface area contributed by atoms with Crippen molar-refractivity contribution in [2.45, 2.75) is 13.0 Å². The minimum absolute atomic E-state index is 0.0532. The summed E-state index contributed by atoms with van der Waals surface area (Å²) in [5.41, 5.74) is 3.31. The molecule has 0 aliphatic carbocycles. The van der Waals surface area contributed by atoms with E-state index in [0.29, 0.717) is 18.7 Å². The summed E-state index contributed by atoms with van der Waals surface area (Å²) < 4.78 is 0. The number of hydrogen-bond acceptors (Lipinski definition) is 6. The maximum Gasteiger partial charge on any atom is 0.256 e. The van der Waals surface area contributed by atoms with E-state index in [1.165, 1.54) is 0 Å². The molecule has 0 saturated heterocycles. The summed E-state index contributed by atoms with van der Waals surface area (Å²) >= 11 is 1.54. The minimum Gasteiger partial charge on any atom is -0.332 e. The number of fused-ring (bicyclic) bond motifs is 1. The van der Waals surface area contributed by atoms with Crippen LogP contribution in [-0.4, -0.2) is 37.3 Å². The average molecular weight is 323 g/mol. The number of carbonyl (C=O) groups is 1. The highest BCUT2D eigenvalue weighted by atomic mass is 32.1. The summed E-state index contributed by atoms with van der Waals surface area (Å²) in [6.07, 6.45) is 7.45. The van der Waals surface area contributed by atoms with E-state index in [9.17, 15) is 4.79 Å². The molecular weight excluding hydrogens is 310 g/mol. The van der Waals surface area contributed by atoms with Crippen molar-refractivity contribution in [2.24, 2.45) is 0 Å². The fraction of sp³-hybridized carbons (Fsp3) is 0.188. The summed E-state index contributed by atoms with van der Waals surface area (Å²) in [6.45, 7) is 1.22. The lowest BCUT2D eigenvalue weighted by atomic mass is 10.2. The monoisotopic (exact) mass is 323 g/mol. The Labute approximate surface area is 136 Å². The van der Waals surface area contributed by atoms with E-state index in [4.69, 9.17) is 0 Å². The van der Waals surface area contributed by atoms with Gasteiger partial charge < -0.3 is 4.90 Å². The molecule has 114 valence electrons. The number of hydrogen-bond donors (Lipinski definition) is 0. The third-order valence-corrected chi connectivity index (χ3v) is 4.63. The second kappa shape index (κ2) is 5.85. The van der Waals surface area contributed by atoms with Gasteiger partial charge in [-0.3, -0.25) is 19.7 Å². The summed E-state index contributed by atoms with van der Waals surface area (Å²) in [6, 6.07) is 3.63. The number of thiazole rings is 1. The van der Waals surface area contributed by atoms with E-state index >= 15 is 0 Å². The number of aromatic nitrogens is 4. The van der Waals surface area contributed by atoms with Crippen molar-refractivity contribution < 1.29 is 4.79 Å². The molecule has 1 amide bonds. The first-order valence-electron chi connectivity index (χ1n) is 7.25. The topological polar surface area (TPSA) is 71.9 Å². The van der Waals surface area contributed by atoms with Crippen LogP contribution in [0.25, 0.3) is 10.7 Å². The fourth-order valence-electron chi connectivity index (χ4n) is 2.56. The largest absolute Gasteiger partial charge is 0.332 e. The van der Waals surface area contributed by atoms with Crippen LogP contribution in [0.1, 0.15) is 21.7 Å². The van der Waals surface area contributed by atoms with Gasteiger partial charge in [0.15, 0.2) is 0 Å². The van der Waals surface area contributed by atoms with Crippen LogP contribution in [0.15, 0.2) is 42.3 Å². The van der Waals surface area contributed by atoms with Crippen molar-refractivity contribution in [1.29, 1.82) is 0 Å². The maximum atomic E-state index is 12.3. The van der Waals surface area contributed by atoms with Crippen LogP contribution in [-0.2, 0) is 13.0 Å². The molecule has 0 fully saturated rings. The standard InChI is InChI=1S/C16H13N5OS/c22-16-12-2-1-4-18-14(12)9-21(16)7-3-11-10-23-15(20-11)13-8-17-5-6-19-13/h1-2,4-6,8,10H,3,7,9H2. The van der Waals surface area contributed by atoms with Crippen molar-refractivity contribution >= 4 is 17.2 Å². The molecule has 7 heteroatoms. The van der Waals surface area contributed by atoms with Crippen LogP contribution >= 0.6 is 11.3 Å². The summed E-state index contributed by atoms with van der Waals surface area (Å²) in [7, 11) is 0. The second-order valence-electron chi connectivity index (χ2n) is 5.21. The quantitative estimate of drug-likeness (QED) is 0.736. The minimum atomic E-state index is 0.0532. The van der Waals surface area contributed by atoms with Crippen molar-refractivity contribution in [2.75, 3.05) is 6.54 Å². The normalized spacial score (nSPS) is 13.4. The molecule has 6 nitrogen and oxygen atoms in total. The molecule has 0 bridgehead atoms. The van der Waals surface area contributed by atoms with Gasteiger partial charge >= 0.3 is 0 Å². The van der Waals surface area contributed by atoms with E-state index in [1.54, 1.807) is 42.2 Å². The molecule has 0 N–H and O–H groups in total. The molecule has 0 radical (unpaired) electrons. The Morgan fingerprint density at radius 3 is 3.00 bits per heavy atom. The first kappa shape index (κ1) is 14.0. The molecule has 0 aromatic carbocycles. The van der Waals surface area contributed by atoms with Crippen LogP contribution in [0.4, 0.5) is 0 Å². The van der Waals surface area contributed by atoms with Gasteiger partial charge in [-0.2, -0.15) is 0 Å². The number of pyridine rings is 1. The Bertz CT molecular complexity index is 848. The van der Waals surface area contributed by atoms with Gasteiger partial charge in [-0.1, -0.05) is 0 Å². The van der Waals surface area contributed by atoms with Crippen molar-refractivity contribution in [3.05, 3.63) is 59.3 Å². The molecule has 3 aromatic rings. The van der Waals surface area contributed by atoms with Crippen molar-refractivity contribution in [3.8, 4) is 10.7 Å². The van der Waals surface area contributed by atoms with Crippen molar-refractivity contribution in [1.82, 2.24) is 24.8 Å². The SMILES string of the molecule is O=C1c2cccnc2CN1CCc1csc(-c2cnccn2)n1. The number of carbonyl (C=O) groups excluding carboxylic acids is 1. The van der Waals surface area contributed by atoms with E-state index in [2.05, 4.69) is 19.9 Å². The van der Waals surface area contributed by atoms with Gasteiger partial charge in [0.05, 0.1) is 29.7 Å². The van der Waals surface area contributed by atoms with Crippen molar-refractivity contribution in [3.63, 3.8) is 0 Å². The first-order valence-corrected chi connectivity index (χ1v) is 8.13. The molecule has 4 heterocycles. The molecule has 0 spiro atoms. The van der Waals surface area contributed by atoms with Crippen LogP contribution < -0.4 is 0 Å². The van der Waals surface area contributed by atoms with E-state index in [1.807, 2.05) is 16.3 Å². The highest BCUT2D eigenvalue weighted by Crippen LogP contribution is 2.23. The Morgan fingerprint density at radius 1 is 1.22 bits per heavy atom. The van der Waals surface area contributed by atoms with Crippen LogP contribution in [0.5, 0.6) is 0 Å². The Balaban J connectivity index is 1.43. The molecule has 3 aromatic heterocycles. The lowest BCUT2D eigenvalue weighted by Gasteiger charge is -2.13. The molecular formula is C16H13N5OS. The van der Waals surface area contributed by atoms with Gasteiger partial charge in [-0.15, -0.1) is 11.3 Å². The van der Waals surface area contributed by atoms with Gasteiger partial charge in [-0.05, 0) is 12.1 Å². The summed E-state index contributed by atoms with van der Waals surface area (Å²) in [5, 5.41) is 2.86. The van der Waals surface area contributed by atoms with Crippen LogP contribution in [0, 0.1) is 0 Å². The third kappa shape index (κ3) is 2.70. The molecule has 4 rings (SSSR count). The summed E-state index contributed by atoms with van der Waals surface area (Å²) in [4.78, 5) is 31.3. The summed E-state index contributed by atoms with van der Waals surface area (Å²) in [5.74, 6) is 0.0532. The zero-order valence-corrected chi connectivity index (χ0v) is 13.0. The Hall–Kier alpha value is -2.67. The van der Waals surface area contributed by atoms with Gasteiger partial charge in [0, 0.05) is 36.9 Å². The first-order chi connectivity index (χ1) is 11.3. The highest BCUT2D eigenvalue weighted by molar-refractivity contribution is 7.13. The zero-order chi connectivity index (χ0) is 15.6. The van der Waals surface area contributed by atoms with Gasteiger partial charge in [0.2, 0.25) is 0 Å². The zero-order valence-electron chi connectivity index (χ0n) is 12.2. The molecule has 0 atom stereocenters. The second-order valence-corrected chi connectivity index (χ2v) is 6.07. The van der Waals surface area contributed by atoms with Gasteiger partial charge in [0.25, 0.3) is 5.91 Å². The van der Waals surface area contributed by atoms with Crippen LogP contribution in [0.2, 0.25) is 0 Å². The number of rotatable bonds is 4. The molecule has 1 aliphatic rings. The van der Waals surface area contributed by atoms with Gasteiger partial charge in [0.1, 0.15) is 10.7 Å². The van der Waals surface area contributed by atoms with E-state index in [-0.39, 0.29) is 5.91 Å². The number of amides is 1. The predicted molar refractivity (Wildman–Crippen MR) is 85.8 cm³/mol. The molecule has 0 saturated carbocycles. The van der Waals surface area contributed by atoms with Gasteiger partial charge in [-0.25, -0.2) is 4.98 Å². The maximum absolute atomic E-state index is 12.3. The lowest BCUT2D eigenvalue weighted by molar-refractivity contribution is 0.0779. The molecule has 0 unspecified atom stereocenters. The molecule has 23 heavy (non-hydrogen) atoms. The molecule has 1 aliphatic heterocycles. The Morgan fingerprint density at radius 2 is 2.17 bits per heavy atom. The smallest absolute Gasteiger partial charge is 0.256 e. The predicted octanol–water partition coefficient (Wildman–Crippen LogP) is 2.19.